The Hall–Kier alpha value is -3.38. The van der Waals surface area contributed by atoms with Gasteiger partial charge in [-0.05, 0) is 60.2 Å². The number of aromatic nitrogens is 2. The van der Waals surface area contributed by atoms with Crippen molar-refractivity contribution in [2.24, 2.45) is 5.92 Å². The fourth-order valence-electron chi connectivity index (χ4n) is 5.45. The summed E-state index contributed by atoms with van der Waals surface area (Å²) in [5.41, 5.74) is 4.01. The standard InChI is InChI=1S/C28H33F4N5O3/c1-18-11-23(29)24(33-27(38)36-4-3-19(16-36)15-28(30,31)32)14-22(18)20-12-21-17-37(7-8-39-2)34-26(21)25(13-20)35-5-9-40-10-6-35/h11-14,17,19H,3-10,15-16H2,1-2H3,(H,33,38)/t19-/m0/s1. The lowest BCUT2D eigenvalue weighted by molar-refractivity contribution is -0.143. The van der Waals surface area contributed by atoms with Gasteiger partial charge in [0.1, 0.15) is 11.3 Å². The molecule has 2 amide bonds. The Balaban J connectivity index is 1.45. The zero-order valence-electron chi connectivity index (χ0n) is 22.6. The number of ether oxygens (including phenoxy) is 2. The van der Waals surface area contributed by atoms with Crippen LogP contribution < -0.4 is 10.2 Å². The average molecular weight is 564 g/mol. The van der Waals surface area contributed by atoms with Crippen LogP contribution in [0.2, 0.25) is 0 Å². The number of alkyl halides is 3. The van der Waals surface area contributed by atoms with Gasteiger partial charge in [0.25, 0.3) is 0 Å². The highest BCUT2D eigenvalue weighted by molar-refractivity contribution is 5.96. The number of aryl methyl sites for hydroxylation is 1. The highest BCUT2D eigenvalue weighted by Gasteiger charge is 2.36. The Morgan fingerprint density at radius 3 is 2.67 bits per heavy atom. The van der Waals surface area contributed by atoms with Crippen molar-refractivity contribution >= 4 is 28.3 Å². The maximum Gasteiger partial charge on any atom is 0.389 e. The SMILES string of the molecule is COCCn1cc2cc(-c3cc(NC(=O)N4CC[C@@H](CC(F)(F)F)C4)c(F)cc3C)cc(N3CCOCC3)c2n1. The summed E-state index contributed by atoms with van der Waals surface area (Å²) in [6.07, 6.45) is -3.00. The number of fused-ring (bicyclic) bond motifs is 1. The van der Waals surface area contributed by atoms with Crippen LogP contribution in [0.1, 0.15) is 18.4 Å². The quantitative estimate of drug-likeness (QED) is 0.388. The number of urea groups is 1. The summed E-state index contributed by atoms with van der Waals surface area (Å²) >= 11 is 0. The van der Waals surface area contributed by atoms with E-state index in [0.29, 0.717) is 45.0 Å². The van der Waals surface area contributed by atoms with Crippen LogP contribution in [0.4, 0.5) is 33.7 Å². The lowest BCUT2D eigenvalue weighted by atomic mass is 9.97. The number of halogens is 4. The van der Waals surface area contributed by atoms with Gasteiger partial charge in [-0.3, -0.25) is 4.68 Å². The lowest BCUT2D eigenvalue weighted by Gasteiger charge is -2.29. The van der Waals surface area contributed by atoms with Gasteiger partial charge in [0.2, 0.25) is 0 Å². The predicted molar refractivity (Wildman–Crippen MR) is 144 cm³/mol. The molecule has 2 aliphatic heterocycles. The van der Waals surface area contributed by atoms with Crippen LogP contribution in [0.15, 0.2) is 30.5 Å². The highest BCUT2D eigenvalue weighted by atomic mass is 19.4. The number of likely N-dealkylation sites (tertiary alicyclic amines) is 1. The minimum absolute atomic E-state index is 0.0156. The number of anilines is 2. The number of hydrogen-bond donors (Lipinski definition) is 1. The Bertz CT molecular complexity index is 1370. The lowest BCUT2D eigenvalue weighted by Crippen LogP contribution is -2.36. The van der Waals surface area contributed by atoms with E-state index in [1.165, 1.54) is 11.0 Å². The average Bonchev–Trinajstić information content (AvgIpc) is 3.54. The molecule has 216 valence electrons. The molecule has 1 N–H and O–H groups in total. The van der Waals surface area contributed by atoms with E-state index < -0.39 is 30.4 Å². The van der Waals surface area contributed by atoms with E-state index in [1.54, 1.807) is 20.1 Å². The van der Waals surface area contributed by atoms with E-state index in [9.17, 15) is 18.0 Å². The maximum absolute atomic E-state index is 15.0. The fraction of sp³-hybridized carbons (Fsp3) is 0.500. The molecule has 0 spiro atoms. The summed E-state index contributed by atoms with van der Waals surface area (Å²) in [7, 11) is 1.64. The minimum atomic E-state index is -4.28. The van der Waals surface area contributed by atoms with E-state index in [0.717, 1.165) is 27.7 Å². The van der Waals surface area contributed by atoms with Crippen molar-refractivity contribution in [3.8, 4) is 11.1 Å². The van der Waals surface area contributed by atoms with E-state index in [4.69, 9.17) is 14.6 Å². The van der Waals surface area contributed by atoms with Crippen LogP contribution in [0.5, 0.6) is 0 Å². The first-order valence-electron chi connectivity index (χ1n) is 13.4. The second kappa shape index (κ2) is 11.6. The zero-order valence-corrected chi connectivity index (χ0v) is 22.6. The van der Waals surface area contributed by atoms with Gasteiger partial charge in [-0.1, -0.05) is 0 Å². The second-order valence-corrected chi connectivity index (χ2v) is 10.4. The molecule has 2 aliphatic rings. The Morgan fingerprint density at radius 1 is 1.18 bits per heavy atom. The molecule has 3 heterocycles. The Labute approximate surface area is 229 Å². The third-order valence-electron chi connectivity index (χ3n) is 7.47. The first kappa shape index (κ1) is 28.2. The molecule has 3 aromatic rings. The summed E-state index contributed by atoms with van der Waals surface area (Å²) in [5.74, 6) is -1.26. The zero-order chi connectivity index (χ0) is 28.4. The maximum atomic E-state index is 15.0. The van der Waals surface area contributed by atoms with Crippen molar-refractivity contribution in [1.29, 1.82) is 0 Å². The van der Waals surface area contributed by atoms with Gasteiger partial charge in [0.05, 0.1) is 37.7 Å². The number of nitrogens with zero attached hydrogens (tertiary/aromatic N) is 4. The number of rotatable bonds is 7. The van der Waals surface area contributed by atoms with Crippen molar-refractivity contribution in [2.75, 3.05) is 63.3 Å². The number of carbonyl (C=O) groups excluding carboxylic acids is 1. The van der Waals surface area contributed by atoms with Gasteiger partial charge in [0, 0.05) is 51.3 Å². The molecule has 5 rings (SSSR count). The van der Waals surface area contributed by atoms with Crippen LogP contribution >= 0.6 is 0 Å². The van der Waals surface area contributed by atoms with Gasteiger partial charge in [0.15, 0.2) is 0 Å². The van der Waals surface area contributed by atoms with Crippen LogP contribution in [0.3, 0.4) is 0 Å². The van der Waals surface area contributed by atoms with Crippen molar-refractivity contribution in [2.45, 2.75) is 32.5 Å². The third-order valence-corrected chi connectivity index (χ3v) is 7.47. The van der Waals surface area contributed by atoms with Crippen LogP contribution in [0, 0.1) is 18.7 Å². The molecule has 12 heteroatoms. The van der Waals surface area contributed by atoms with E-state index >= 15 is 4.39 Å². The van der Waals surface area contributed by atoms with Crippen LogP contribution in [0.25, 0.3) is 22.0 Å². The first-order chi connectivity index (χ1) is 19.1. The van der Waals surface area contributed by atoms with Gasteiger partial charge < -0.3 is 24.6 Å². The first-order valence-corrected chi connectivity index (χ1v) is 13.4. The second-order valence-electron chi connectivity index (χ2n) is 10.4. The topological polar surface area (TPSA) is 71.9 Å². The molecule has 0 bridgehead atoms. The predicted octanol–water partition coefficient (Wildman–Crippen LogP) is 5.44. The third kappa shape index (κ3) is 6.33. The number of amides is 2. The van der Waals surface area contributed by atoms with E-state index in [1.807, 2.05) is 23.0 Å². The number of morpholine rings is 1. The number of benzene rings is 2. The molecule has 0 saturated carbocycles. The molecule has 0 unspecified atom stereocenters. The molecule has 8 nitrogen and oxygen atoms in total. The molecule has 0 radical (unpaired) electrons. The number of methoxy groups -OCH3 is 1. The monoisotopic (exact) mass is 563 g/mol. The molecule has 0 aliphatic carbocycles. The van der Waals surface area contributed by atoms with Gasteiger partial charge in [-0.25, -0.2) is 9.18 Å². The largest absolute Gasteiger partial charge is 0.389 e. The number of carbonyl (C=O) groups is 1. The van der Waals surface area contributed by atoms with Gasteiger partial charge in [-0.2, -0.15) is 18.3 Å². The number of nitrogens with one attached hydrogen (secondary N) is 1. The normalized spacial score (nSPS) is 18.1. The minimum Gasteiger partial charge on any atom is -0.383 e. The highest BCUT2D eigenvalue weighted by Crippen LogP contribution is 2.37. The summed E-state index contributed by atoms with van der Waals surface area (Å²) in [4.78, 5) is 16.4. The summed E-state index contributed by atoms with van der Waals surface area (Å²) < 4.78 is 66.0. The van der Waals surface area contributed by atoms with Crippen molar-refractivity contribution in [1.82, 2.24) is 14.7 Å². The molecule has 2 fully saturated rings. The molecule has 2 aromatic carbocycles. The van der Waals surface area contributed by atoms with Crippen molar-refractivity contribution in [3.05, 3.63) is 41.8 Å². The van der Waals surface area contributed by atoms with Gasteiger partial charge in [-0.15, -0.1) is 0 Å². The fourth-order valence-corrected chi connectivity index (χ4v) is 5.45. The van der Waals surface area contributed by atoms with Crippen LogP contribution in [-0.2, 0) is 16.0 Å². The molecule has 1 atom stereocenters. The molecule has 40 heavy (non-hydrogen) atoms. The van der Waals surface area contributed by atoms with E-state index in [-0.39, 0.29) is 25.2 Å². The summed E-state index contributed by atoms with van der Waals surface area (Å²) in [6.45, 7) is 5.70. The Morgan fingerprint density at radius 2 is 1.95 bits per heavy atom. The molecular weight excluding hydrogens is 530 g/mol. The summed E-state index contributed by atoms with van der Waals surface area (Å²) in [6, 6.07) is 6.36. The van der Waals surface area contributed by atoms with Gasteiger partial charge >= 0.3 is 12.2 Å². The number of hydrogen-bond acceptors (Lipinski definition) is 5. The van der Waals surface area contributed by atoms with Crippen LogP contribution in [-0.4, -0.2) is 80.0 Å². The summed E-state index contributed by atoms with van der Waals surface area (Å²) in [5, 5.41) is 8.29. The molecule has 1 aromatic heterocycles. The molecule has 2 saturated heterocycles. The van der Waals surface area contributed by atoms with E-state index in [2.05, 4.69) is 10.2 Å². The van der Waals surface area contributed by atoms with Crippen molar-refractivity contribution in [3.63, 3.8) is 0 Å². The Kier molecular flexibility index (Phi) is 8.18. The smallest absolute Gasteiger partial charge is 0.383 e. The van der Waals surface area contributed by atoms with Crippen molar-refractivity contribution < 1.29 is 31.8 Å². The molecular formula is C28H33F4N5O3.